The lowest BCUT2D eigenvalue weighted by atomic mass is 10.2. The number of rotatable bonds is 4. The van der Waals surface area contributed by atoms with Crippen molar-refractivity contribution in [3.63, 3.8) is 0 Å². The minimum Gasteiger partial charge on any atom is -0.334 e. The summed E-state index contributed by atoms with van der Waals surface area (Å²) < 4.78 is 0. The summed E-state index contributed by atoms with van der Waals surface area (Å²) in [5.74, 6) is -0.269. The first-order chi connectivity index (χ1) is 13.5. The van der Waals surface area contributed by atoms with E-state index < -0.39 is 5.25 Å². The highest BCUT2D eigenvalue weighted by atomic mass is 35.5. The van der Waals surface area contributed by atoms with E-state index in [0.29, 0.717) is 23.5 Å². The van der Waals surface area contributed by atoms with Crippen molar-refractivity contribution >= 4 is 51.7 Å². The molecule has 2 aliphatic rings. The summed E-state index contributed by atoms with van der Waals surface area (Å²) >= 11 is 7.59. The molecule has 1 N–H and O–H groups in total. The molecule has 1 saturated heterocycles. The molecule has 0 spiro atoms. The number of para-hydroxylation sites is 1. The number of amides is 2. The maximum atomic E-state index is 12.8. The van der Waals surface area contributed by atoms with Crippen LogP contribution in [0, 0.1) is 6.92 Å². The van der Waals surface area contributed by atoms with Crippen molar-refractivity contribution in [1.29, 1.82) is 0 Å². The molecule has 0 saturated carbocycles. The third kappa shape index (κ3) is 3.86. The van der Waals surface area contributed by atoms with Crippen LogP contribution in [0.15, 0.2) is 53.5 Å². The first-order valence-electron chi connectivity index (χ1n) is 8.90. The minimum absolute atomic E-state index is 0.0881. The van der Waals surface area contributed by atoms with E-state index in [1.54, 1.807) is 4.90 Å². The normalized spacial score (nSPS) is 18.7. The summed E-state index contributed by atoms with van der Waals surface area (Å²) in [4.78, 5) is 33.3. The van der Waals surface area contributed by atoms with Crippen LogP contribution in [0.3, 0.4) is 0 Å². The van der Waals surface area contributed by atoms with Crippen LogP contribution in [-0.4, -0.2) is 40.5 Å². The van der Waals surface area contributed by atoms with Gasteiger partial charge in [-0.1, -0.05) is 47.6 Å². The minimum atomic E-state index is -0.455. The number of carbonyl (C=O) groups is 2. The fraction of sp³-hybridized carbons (Fsp3) is 0.250. The molecule has 2 aliphatic heterocycles. The van der Waals surface area contributed by atoms with Crippen LogP contribution in [0.4, 0.5) is 11.4 Å². The number of amidine groups is 1. The number of nitrogens with zero attached hydrogens (tertiary/aromatic N) is 3. The topological polar surface area (TPSA) is 65.0 Å². The quantitative estimate of drug-likeness (QED) is 0.828. The van der Waals surface area contributed by atoms with Gasteiger partial charge in [0.25, 0.3) is 0 Å². The number of carbonyl (C=O) groups excluding carboxylic acids is 2. The SMILES string of the molecule is Cc1ccc(N2CN=C3S[C@@H](CC(=O)Nc4ccccc4)C(=O)N3C2)cc1Cl. The fourth-order valence-corrected chi connectivity index (χ4v) is 4.40. The van der Waals surface area contributed by atoms with Crippen LogP contribution in [0.1, 0.15) is 12.0 Å². The Bertz CT molecular complexity index is 950. The van der Waals surface area contributed by atoms with Crippen LogP contribution < -0.4 is 10.2 Å². The molecule has 2 aromatic rings. The lowest BCUT2D eigenvalue weighted by Crippen LogP contribution is -2.46. The average molecular weight is 415 g/mol. The lowest BCUT2D eigenvalue weighted by Gasteiger charge is -2.32. The predicted octanol–water partition coefficient (Wildman–Crippen LogP) is 3.71. The van der Waals surface area contributed by atoms with E-state index >= 15 is 0 Å². The molecule has 2 heterocycles. The maximum Gasteiger partial charge on any atom is 0.244 e. The second-order valence-corrected chi connectivity index (χ2v) is 8.27. The highest BCUT2D eigenvalue weighted by Crippen LogP contribution is 2.33. The van der Waals surface area contributed by atoms with Gasteiger partial charge < -0.3 is 10.2 Å². The van der Waals surface area contributed by atoms with Gasteiger partial charge in [0, 0.05) is 22.8 Å². The van der Waals surface area contributed by atoms with E-state index in [1.165, 1.54) is 11.8 Å². The molecule has 0 unspecified atom stereocenters. The van der Waals surface area contributed by atoms with Gasteiger partial charge in [0.15, 0.2) is 5.17 Å². The molecule has 6 nitrogen and oxygen atoms in total. The van der Waals surface area contributed by atoms with Gasteiger partial charge in [-0.15, -0.1) is 0 Å². The summed E-state index contributed by atoms with van der Waals surface area (Å²) in [5, 5.41) is 3.74. The number of halogens is 1. The van der Waals surface area contributed by atoms with E-state index in [9.17, 15) is 9.59 Å². The second-order valence-electron chi connectivity index (χ2n) is 6.69. The van der Waals surface area contributed by atoms with Gasteiger partial charge in [-0.3, -0.25) is 14.5 Å². The number of benzene rings is 2. The molecule has 0 bridgehead atoms. The number of fused-ring (bicyclic) bond motifs is 1. The predicted molar refractivity (Wildman–Crippen MR) is 114 cm³/mol. The highest BCUT2D eigenvalue weighted by molar-refractivity contribution is 8.15. The number of aryl methyl sites for hydroxylation is 1. The summed E-state index contributed by atoms with van der Waals surface area (Å²) in [6.45, 7) is 2.81. The Balaban J connectivity index is 1.41. The first kappa shape index (κ1) is 18.8. The molecule has 1 fully saturated rings. The molecule has 8 heteroatoms. The van der Waals surface area contributed by atoms with Crippen molar-refractivity contribution in [2.24, 2.45) is 4.99 Å². The zero-order valence-electron chi connectivity index (χ0n) is 15.3. The molecule has 0 radical (unpaired) electrons. The molecule has 4 rings (SSSR count). The van der Waals surface area contributed by atoms with E-state index in [1.807, 2.05) is 60.4 Å². The third-order valence-corrected chi connectivity index (χ3v) is 6.28. The summed E-state index contributed by atoms with van der Waals surface area (Å²) in [6.07, 6.45) is 0.115. The number of nitrogens with one attached hydrogen (secondary N) is 1. The van der Waals surface area contributed by atoms with Gasteiger partial charge in [-0.05, 0) is 36.8 Å². The van der Waals surface area contributed by atoms with E-state index in [2.05, 4.69) is 10.3 Å². The molecule has 0 aliphatic carbocycles. The Hall–Kier alpha value is -2.51. The van der Waals surface area contributed by atoms with Crippen LogP contribution in [-0.2, 0) is 9.59 Å². The molecular formula is C20H19ClN4O2S. The van der Waals surface area contributed by atoms with Crippen molar-refractivity contribution in [1.82, 2.24) is 4.90 Å². The van der Waals surface area contributed by atoms with Gasteiger partial charge in [0.1, 0.15) is 18.6 Å². The van der Waals surface area contributed by atoms with Gasteiger partial charge in [0.2, 0.25) is 11.8 Å². The highest BCUT2D eigenvalue weighted by Gasteiger charge is 2.41. The molecule has 0 aromatic heterocycles. The smallest absolute Gasteiger partial charge is 0.244 e. The van der Waals surface area contributed by atoms with Crippen molar-refractivity contribution in [3.8, 4) is 0 Å². The van der Waals surface area contributed by atoms with Crippen LogP contribution in [0.2, 0.25) is 5.02 Å². The number of aliphatic imine (C=N–C) groups is 1. The zero-order valence-corrected chi connectivity index (χ0v) is 16.8. The van der Waals surface area contributed by atoms with Crippen molar-refractivity contribution in [3.05, 3.63) is 59.1 Å². The van der Waals surface area contributed by atoms with Crippen LogP contribution in [0.25, 0.3) is 0 Å². The van der Waals surface area contributed by atoms with E-state index in [4.69, 9.17) is 11.6 Å². The molecule has 28 heavy (non-hydrogen) atoms. The fourth-order valence-electron chi connectivity index (χ4n) is 3.10. The second kappa shape index (κ2) is 7.85. The monoisotopic (exact) mass is 414 g/mol. The zero-order chi connectivity index (χ0) is 19.7. The van der Waals surface area contributed by atoms with Crippen molar-refractivity contribution < 1.29 is 9.59 Å². The first-order valence-corrected chi connectivity index (χ1v) is 10.2. The van der Waals surface area contributed by atoms with Gasteiger partial charge in [-0.2, -0.15) is 0 Å². The van der Waals surface area contributed by atoms with Gasteiger partial charge in [-0.25, -0.2) is 4.99 Å². The summed E-state index contributed by atoms with van der Waals surface area (Å²) in [6, 6.07) is 15.0. The van der Waals surface area contributed by atoms with Crippen molar-refractivity contribution in [2.45, 2.75) is 18.6 Å². The standard InChI is InChI=1S/C20H19ClN4O2S/c1-13-7-8-15(9-16(13)21)24-11-22-20-25(12-24)19(27)17(28-20)10-18(26)23-14-5-3-2-4-6-14/h2-9,17H,10-12H2,1H3,(H,23,26)/t17-/m0/s1. The summed E-state index contributed by atoms with van der Waals surface area (Å²) in [7, 11) is 0. The summed E-state index contributed by atoms with van der Waals surface area (Å²) in [5.41, 5.74) is 2.64. The Morgan fingerprint density at radius 2 is 2.07 bits per heavy atom. The van der Waals surface area contributed by atoms with E-state index in [-0.39, 0.29) is 18.2 Å². The molecule has 2 amide bonds. The van der Waals surface area contributed by atoms with Crippen LogP contribution in [0.5, 0.6) is 0 Å². The lowest BCUT2D eigenvalue weighted by molar-refractivity contribution is -0.128. The van der Waals surface area contributed by atoms with E-state index in [0.717, 1.165) is 16.9 Å². The third-order valence-electron chi connectivity index (χ3n) is 4.66. The number of anilines is 2. The number of hydrogen-bond donors (Lipinski definition) is 1. The molecule has 1 atom stereocenters. The Labute approximate surface area is 172 Å². The number of hydrogen-bond acceptors (Lipinski definition) is 5. The van der Waals surface area contributed by atoms with Crippen molar-refractivity contribution in [2.75, 3.05) is 23.6 Å². The number of thioether (sulfide) groups is 1. The molecule has 144 valence electrons. The maximum absolute atomic E-state index is 12.8. The Morgan fingerprint density at radius 3 is 2.82 bits per heavy atom. The van der Waals surface area contributed by atoms with Gasteiger partial charge >= 0.3 is 0 Å². The Kier molecular flexibility index (Phi) is 5.28. The molecular weight excluding hydrogens is 396 g/mol. The van der Waals surface area contributed by atoms with Gasteiger partial charge in [0.05, 0.1) is 0 Å². The largest absolute Gasteiger partial charge is 0.334 e. The Morgan fingerprint density at radius 1 is 1.29 bits per heavy atom. The van der Waals surface area contributed by atoms with Crippen LogP contribution >= 0.6 is 23.4 Å². The average Bonchev–Trinajstić information content (AvgIpc) is 2.99. The molecule has 2 aromatic carbocycles.